The van der Waals surface area contributed by atoms with E-state index in [-0.39, 0.29) is 6.04 Å². The monoisotopic (exact) mass is 257 g/mol. The standard InChI is InChI=1S/C15H19N3O/c1-3-16-14(12-7-5-4-6-8-12)9-13-10-15(19-2)18-11-17-13/h4-8,10-11,14,16H,3,9H2,1-2H3. The molecular formula is C15H19N3O. The molecular weight excluding hydrogens is 238 g/mol. The van der Waals surface area contributed by atoms with Crippen LogP contribution < -0.4 is 10.1 Å². The summed E-state index contributed by atoms with van der Waals surface area (Å²) in [4.78, 5) is 8.33. The molecule has 1 unspecified atom stereocenters. The van der Waals surface area contributed by atoms with Gasteiger partial charge in [-0.25, -0.2) is 9.97 Å². The summed E-state index contributed by atoms with van der Waals surface area (Å²) in [6, 6.07) is 12.5. The van der Waals surface area contributed by atoms with Gasteiger partial charge >= 0.3 is 0 Å². The van der Waals surface area contributed by atoms with Crippen LogP contribution in [-0.2, 0) is 6.42 Å². The highest BCUT2D eigenvalue weighted by Gasteiger charge is 2.12. The normalized spacial score (nSPS) is 12.1. The van der Waals surface area contributed by atoms with Gasteiger partial charge in [0.1, 0.15) is 6.33 Å². The Bertz CT molecular complexity index is 502. The van der Waals surface area contributed by atoms with Gasteiger partial charge in [-0.1, -0.05) is 37.3 Å². The van der Waals surface area contributed by atoms with Crippen molar-refractivity contribution in [3.05, 3.63) is 54.0 Å². The van der Waals surface area contributed by atoms with E-state index in [1.54, 1.807) is 13.4 Å². The lowest BCUT2D eigenvalue weighted by atomic mass is 10.0. The van der Waals surface area contributed by atoms with Crippen molar-refractivity contribution in [2.75, 3.05) is 13.7 Å². The topological polar surface area (TPSA) is 47.0 Å². The molecule has 0 aliphatic rings. The number of methoxy groups -OCH3 is 1. The molecule has 4 nitrogen and oxygen atoms in total. The van der Waals surface area contributed by atoms with E-state index in [0.29, 0.717) is 5.88 Å². The zero-order valence-corrected chi connectivity index (χ0v) is 11.3. The SMILES string of the molecule is CCNC(Cc1cc(OC)ncn1)c1ccccc1. The highest BCUT2D eigenvalue weighted by atomic mass is 16.5. The second-order valence-electron chi connectivity index (χ2n) is 4.28. The molecule has 19 heavy (non-hydrogen) atoms. The zero-order chi connectivity index (χ0) is 13.5. The molecule has 1 aromatic carbocycles. The molecule has 100 valence electrons. The van der Waals surface area contributed by atoms with Gasteiger partial charge in [0.25, 0.3) is 0 Å². The predicted octanol–water partition coefficient (Wildman–Crippen LogP) is 2.38. The maximum Gasteiger partial charge on any atom is 0.216 e. The Labute approximate surface area is 113 Å². The Morgan fingerprint density at radius 1 is 1.21 bits per heavy atom. The molecule has 2 rings (SSSR count). The van der Waals surface area contributed by atoms with E-state index >= 15 is 0 Å². The molecule has 2 aromatic rings. The number of hydrogen-bond donors (Lipinski definition) is 1. The average Bonchev–Trinajstić information content (AvgIpc) is 2.48. The molecule has 1 aromatic heterocycles. The number of rotatable bonds is 6. The van der Waals surface area contributed by atoms with Crippen LogP contribution in [0, 0.1) is 0 Å². The van der Waals surface area contributed by atoms with Gasteiger partial charge in [0.2, 0.25) is 5.88 Å². The molecule has 0 aliphatic carbocycles. The van der Waals surface area contributed by atoms with Crippen molar-refractivity contribution in [3.8, 4) is 5.88 Å². The summed E-state index contributed by atoms with van der Waals surface area (Å²) in [5.41, 5.74) is 2.24. The second kappa shape index (κ2) is 6.85. The Balaban J connectivity index is 2.16. The van der Waals surface area contributed by atoms with Crippen molar-refractivity contribution in [2.24, 2.45) is 0 Å². The number of ether oxygens (including phenoxy) is 1. The van der Waals surface area contributed by atoms with Crippen LogP contribution in [0.2, 0.25) is 0 Å². The van der Waals surface area contributed by atoms with E-state index < -0.39 is 0 Å². The molecule has 0 fully saturated rings. The molecule has 0 radical (unpaired) electrons. The minimum absolute atomic E-state index is 0.255. The summed E-state index contributed by atoms with van der Waals surface area (Å²) < 4.78 is 5.13. The van der Waals surface area contributed by atoms with Crippen LogP contribution in [0.1, 0.15) is 24.2 Å². The third-order valence-corrected chi connectivity index (χ3v) is 2.97. The van der Waals surface area contributed by atoms with Gasteiger partial charge in [0.05, 0.1) is 7.11 Å². The van der Waals surface area contributed by atoms with Gasteiger partial charge in [-0.15, -0.1) is 0 Å². The van der Waals surface area contributed by atoms with E-state index in [1.807, 2.05) is 12.1 Å². The van der Waals surface area contributed by atoms with E-state index in [9.17, 15) is 0 Å². The van der Waals surface area contributed by atoms with Crippen LogP contribution in [0.5, 0.6) is 5.88 Å². The summed E-state index contributed by atoms with van der Waals surface area (Å²) in [5, 5.41) is 3.48. The van der Waals surface area contributed by atoms with Crippen LogP contribution in [-0.4, -0.2) is 23.6 Å². The molecule has 0 saturated heterocycles. The summed E-state index contributed by atoms with van der Waals surface area (Å²) >= 11 is 0. The summed E-state index contributed by atoms with van der Waals surface area (Å²) in [7, 11) is 1.62. The summed E-state index contributed by atoms with van der Waals surface area (Å²) in [6.45, 7) is 3.03. The van der Waals surface area contributed by atoms with Gasteiger partial charge in [-0.3, -0.25) is 0 Å². The second-order valence-corrected chi connectivity index (χ2v) is 4.28. The van der Waals surface area contributed by atoms with Crippen molar-refractivity contribution in [3.63, 3.8) is 0 Å². The Morgan fingerprint density at radius 3 is 2.68 bits per heavy atom. The first kappa shape index (κ1) is 13.5. The molecule has 0 amide bonds. The Hall–Kier alpha value is -1.94. The number of nitrogens with zero attached hydrogens (tertiary/aromatic N) is 2. The number of hydrogen-bond acceptors (Lipinski definition) is 4. The van der Waals surface area contributed by atoms with Crippen molar-refractivity contribution in [1.29, 1.82) is 0 Å². The maximum absolute atomic E-state index is 5.13. The minimum Gasteiger partial charge on any atom is -0.481 e. The quantitative estimate of drug-likeness (QED) is 0.863. The van der Waals surface area contributed by atoms with Crippen LogP contribution in [0.15, 0.2) is 42.7 Å². The molecule has 1 atom stereocenters. The molecule has 0 saturated carbocycles. The first-order chi connectivity index (χ1) is 9.33. The third-order valence-electron chi connectivity index (χ3n) is 2.97. The Kier molecular flexibility index (Phi) is 4.86. The molecule has 0 aliphatic heterocycles. The predicted molar refractivity (Wildman–Crippen MR) is 75.1 cm³/mol. The summed E-state index contributed by atoms with van der Waals surface area (Å²) in [5.74, 6) is 0.605. The maximum atomic E-state index is 5.13. The molecule has 0 bridgehead atoms. The van der Waals surface area contributed by atoms with Crippen LogP contribution in [0.25, 0.3) is 0 Å². The minimum atomic E-state index is 0.255. The van der Waals surface area contributed by atoms with E-state index in [4.69, 9.17) is 4.74 Å². The van der Waals surface area contributed by atoms with Gasteiger partial charge in [0, 0.05) is 24.2 Å². The van der Waals surface area contributed by atoms with Gasteiger partial charge in [-0.2, -0.15) is 0 Å². The fraction of sp³-hybridized carbons (Fsp3) is 0.333. The van der Waals surface area contributed by atoms with Gasteiger partial charge in [-0.05, 0) is 12.1 Å². The number of benzene rings is 1. The molecule has 0 spiro atoms. The first-order valence-electron chi connectivity index (χ1n) is 6.46. The summed E-state index contributed by atoms with van der Waals surface area (Å²) in [6.07, 6.45) is 2.36. The van der Waals surface area contributed by atoms with Crippen LogP contribution >= 0.6 is 0 Å². The lowest BCUT2D eigenvalue weighted by molar-refractivity contribution is 0.395. The van der Waals surface area contributed by atoms with Crippen LogP contribution in [0.3, 0.4) is 0 Å². The lowest BCUT2D eigenvalue weighted by Crippen LogP contribution is -2.23. The number of likely N-dealkylation sites (N-methyl/N-ethyl adjacent to an activating group) is 1. The third kappa shape index (κ3) is 3.76. The fourth-order valence-corrected chi connectivity index (χ4v) is 2.05. The molecule has 1 N–H and O–H groups in total. The van der Waals surface area contributed by atoms with Crippen molar-refractivity contribution < 1.29 is 4.74 Å². The van der Waals surface area contributed by atoms with Crippen molar-refractivity contribution in [2.45, 2.75) is 19.4 Å². The van der Waals surface area contributed by atoms with Gasteiger partial charge in [0.15, 0.2) is 0 Å². The van der Waals surface area contributed by atoms with Gasteiger partial charge < -0.3 is 10.1 Å². The highest BCUT2D eigenvalue weighted by molar-refractivity contribution is 5.22. The smallest absolute Gasteiger partial charge is 0.216 e. The van der Waals surface area contributed by atoms with Crippen molar-refractivity contribution in [1.82, 2.24) is 15.3 Å². The highest BCUT2D eigenvalue weighted by Crippen LogP contribution is 2.18. The lowest BCUT2D eigenvalue weighted by Gasteiger charge is -2.18. The fourth-order valence-electron chi connectivity index (χ4n) is 2.05. The van der Waals surface area contributed by atoms with E-state index in [0.717, 1.165) is 18.7 Å². The number of aromatic nitrogens is 2. The van der Waals surface area contributed by atoms with E-state index in [1.165, 1.54) is 5.56 Å². The van der Waals surface area contributed by atoms with Crippen LogP contribution in [0.4, 0.5) is 0 Å². The van der Waals surface area contributed by atoms with E-state index in [2.05, 4.69) is 46.5 Å². The molecule has 4 heteroatoms. The average molecular weight is 257 g/mol. The number of nitrogens with one attached hydrogen (secondary N) is 1. The Morgan fingerprint density at radius 2 is 2.00 bits per heavy atom. The first-order valence-corrected chi connectivity index (χ1v) is 6.46. The van der Waals surface area contributed by atoms with Crippen molar-refractivity contribution >= 4 is 0 Å². The largest absolute Gasteiger partial charge is 0.481 e. The molecule has 1 heterocycles. The zero-order valence-electron chi connectivity index (χ0n) is 11.3.